The van der Waals surface area contributed by atoms with Gasteiger partial charge in [-0.1, -0.05) is 6.92 Å². The maximum Gasteiger partial charge on any atom is 0.211 e. The molecule has 24 heavy (non-hydrogen) atoms. The molecule has 0 aliphatic carbocycles. The van der Waals surface area contributed by atoms with Gasteiger partial charge in [0.05, 0.1) is 18.4 Å². The predicted molar refractivity (Wildman–Crippen MR) is 103 cm³/mol. The minimum Gasteiger partial charge on any atom is -0.398 e. The molecule has 0 aromatic carbocycles. The number of aliphatic hydroxyl groups is 2. The molecule has 0 saturated carbocycles. The highest BCUT2D eigenvalue weighted by Gasteiger charge is 2.45. The molecule has 6 nitrogen and oxygen atoms in total. The molecule has 6 N–H and O–H groups in total. The number of aliphatic hydroxyl groups excluding tert-OH is 2. The van der Waals surface area contributed by atoms with Crippen molar-refractivity contribution >= 4 is 8.32 Å². The topological polar surface area (TPSA) is 105 Å². The number of rotatable bonds is 13. The first kappa shape index (κ1) is 24.0. The van der Waals surface area contributed by atoms with Gasteiger partial charge in [0, 0.05) is 5.16 Å². The van der Waals surface area contributed by atoms with Gasteiger partial charge >= 0.3 is 0 Å². The van der Waals surface area contributed by atoms with Gasteiger partial charge < -0.3 is 31.0 Å². The van der Waals surface area contributed by atoms with Crippen LogP contribution in [0.4, 0.5) is 0 Å². The molecule has 0 saturated heterocycles. The monoisotopic (exact) mass is 363 g/mol. The maximum atomic E-state index is 9.42. The lowest BCUT2D eigenvalue weighted by atomic mass is 10.2. The second-order valence-electron chi connectivity index (χ2n) is 8.17. The van der Waals surface area contributed by atoms with E-state index in [4.69, 9.17) is 21.0 Å². The third-order valence-electron chi connectivity index (χ3n) is 4.65. The second-order valence-corrected chi connectivity index (χ2v) is 12.6. The summed E-state index contributed by atoms with van der Waals surface area (Å²) in [5, 5.41) is 17.9. The van der Waals surface area contributed by atoms with Crippen LogP contribution in [0.2, 0.25) is 12.6 Å². The van der Waals surface area contributed by atoms with E-state index in [1.54, 1.807) is 0 Å². The van der Waals surface area contributed by atoms with Crippen LogP contribution in [-0.4, -0.2) is 66.7 Å². The lowest BCUT2D eigenvalue weighted by molar-refractivity contribution is 0.0833. The molecular formula is C17H41N3O3Si. The van der Waals surface area contributed by atoms with Crippen LogP contribution in [-0.2, 0) is 4.43 Å². The van der Waals surface area contributed by atoms with E-state index >= 15 is 0 Å². The Morgan fingerprint density at radius 1 is 1.12 bits per heavy atom. The largest absolute Gasteiger partial charge is 0.398 e. The second kappa shape index (κ2) is 10.2. The highest BCUT2D eigenvalue weighted by atomic mass is 28.4. The van der Waals surface area contributed by atoms with Gasteiger partial charge in [-0.05, 0) is 79.2 Å². The fraction of sp³-hybridized carbons (Fsp3) is 1.00. The summed E-state index contributed by atoms with van der Waals surface area (Å²) in [6.45, 7) is 14.9. The first-order chi connectivity index (χ1) is 10.8. The highest BCUT2D eigenvalue weighted by Crippen LogP contribution is 2.28. The van der Waals surface area contributed by atoms with Crippen LogP contribution in [0.15, 0.2) is 0 Å². The van der Waals surface area contributed by atoms with Gasteiger partial charge in [-0.25, -0.2) is 0 Å². The molecule has 0 bridgehead atoms. The fourth-order valence-electron chi connectivity index (χ4n) is 2.80. The summed E-state index contributed by atoms with van der Waals surface area (Å²) in [6.07, 6.45) is 1.95. The van der Waals surface area contributed by atoms with E-state index in [0.717, 1.165) is 38.5 Å². The Morgan fingerprint density at radius 3 is 2.08 bits per heavy atom. The Balaban J connectivity index is 4.48. The van der Waals surface area contributed by atoms with Crippen molar-refractivity contribution in [2.45, 2.75) is 83.5 Å². The normalized spacial score (nSPS) is 17.1. The van der Waals surface area contributed by atoms with Gasteiger partial charge in [0.1, 0.15) is 0 Å². The Kier molecular flexibility index (Phi) is 10.2. The summed E-state index contributed by atoms with van der Waals surface area (Å²) in [5.41, 5.74) is 11.8. The minimum atomic E-state index is -2.17. The summed E-state index contributed by atoms with van der Waals surface area (Å²) < 4.78 is 6.24. The molecular weight excluding hydrogens is 322 g/mol. The van der Waals surface area contributed by atoms with E-state index in [9.17, 15) is 5.11 Å². The third-order valence-corrected chi connectivity index (χ3v) is 9.66. The Morgan fingerprint density at radius 2 is 1.67 bits per heavy atom. The summed E-state index contributed by atoms with van der Waals surface area (Å²) >= 11 is 0. The van der Waals surface area contributed by atoms with E-state index in [2.05, 4.69) is 18.4 Å². The van der Waals surface area contributed by atoms with Gasteiger partial charge in [-0.3, -0.25) is 0 Å². The van der Waals surface area contributed by atoms with E-state index in [0.29, 0.717) is 6.42 Å². The van der Waals surface area contributed by atoms with E-state index < -0.39 is 20.1 Å². The molecule has 0 heterocycles. The molecule has 0 spiro atoms. The summed E-state index contributed by atoms with van der Waals surface area (Å²) in [4.78, 5) is 2.37. The van der Waals surface area contributed by atoms with Gasteiger partial charge in [0.2, 0.25) is 8.32 Å². The van der Waals surface area contributed by atoms with Crippen molar-refractivity contribution in [3.63, 3.8) is 0 Å². The molecule has 0 aromatic rings. The summed E-state index contributed by atoms with van der Waals surface area (Å²) in [7, 11) is -2.17. The quantitative estimate of drug-likeness (QED) is 0.291. The van der Waals surface area contributed by atoms with Crippen molar-refractivity contribution in [1.82, 2.24) is 4.90 Å². The zero-order valence-electron chi connectivity index (χ0n) is 16.6. The van der Waals surface area contributed by atoms with Crippen molar-refractivity contribution in [2.75, 3.05) is 26.2 Å². The Labute approximate surface area is 149 Å². The first-order valence-corrected chi connectivity index (χ1v) is 11.8. The molecule has 0 aromatic heterocycles. The van der Waals surface area contributed by atoms with Crippen molar-refractivity contribution in [1.29, 1.82) is 0 Å². The maximum absolute atomic E-state index is 9.42. The van der Waals surface area contributed by atoms with Crippen LogP contribution < -0.4 is 11.5 Å². The smallest absolute Gasteiger partial charge is 0.211 e. The van der Waals surface area contributed by atoms with Crippen LogP contribution in [0.5, 0.6) is 0 Å². The zero-order valence-corrected chi connectivity index (χ0v) is 17.6. The van der Waals surface area contributed by atoms with Crippen molar-refractivity contribution in [2.24, 2.45) is 11.5 Å². The number of hydrogen-bond donors (Lipinski definition) is 4. The summed E-state index contributed by atoms with van der Waals surface area (Å²) in [6, 6.07) is 0.965. The standard InChI is InChI=1S/C17H41N3O3Si/c1-7-20(11-8-10-15(22)14-21)12-9-13-24(6,17(4,5)19)23-16(2,3)18/h15,21-22H,7-14,18-19H2,1-6H3. The van der Waals surface area contributed by atoms with Crippen LogP contribution in [0.3, 0.4) is 0 Å². The Bertz CT molecular complexity index is 345. The van der Waals surface area contributed by atoms with Crippen LogP contribution in [0.25, 0.3) is 0 Å². The lowest BCUT2D eigenvalue weighted by Gasteiger charge is -2.43. The molecule has 0 amide bonds. The fourth-order valence-corrected chi connectivity index (χ4v) is 5.80. The van der Waals surface area contributed by atoms with Gasteiger partial charge in [-0.2, -0.15) is 0 Å². The summed E-state index contributed by atoms with van der Waals surface area (Å²) in [5.74, 6) is 0. The van der Waals surface area contributed by atoms with E-state index in [1.807, 2.05) is 27.7 Å². The number of nitrogens with zero attached hydrogens (tertiary/aromatic N) is 1. The molecule has 0 rings (SSSR count). The average Bonchev–Trinajstić information content (AvgIpc) is 2.42. The van der Waals surface area contributed by atoms with Crippen LogP contribution >= 0.6 is 0 Å². The molecule has 2 atom stereocenters. The first-order valence-electron chi connectivity index (χ1n) is 9.14. The van der Waals surface area contributed by atoms with Gasteiger partial charge in [0.15, 0.2) is 0 Å². The highest BCUT2D eigenvalue weighted by molar-refractivity contribution is 6.75. The minimum absolute atomic E-state index is 0.159. The molecule has 146 valence electrons. The van der Waals surface area contributed by atoms with Crippen molar-refractivity contribution in [3.05, 3.63) is 0 Å². The molecule has 2 unspecified atom stereocenters. The third kappa shape index (κ3) is 9.46. The average molecular weight is 364 g/mol. The number of hydrogen-bond acceptors (Lipinski definition) is 6. The van der Waals surface area contributed by atoms with E-state index in [-0.39, 0.29) is 11.8 Å². The lowest BCUT2D eigenvalue weighted by Crippen LogP contribution is -2.64. The van der Waals surface area contributed by atoms with Crippen molar-refractivity contribution < 1.29 is 14.6 Å². The molecule has 0 aliphatic heterocycles. The van der Waals surface area contributed by atoms with Gasteiger partial charge in [-0.15, -0.1) is 0 Å². The van der Waals surface area contributed by atoms with E-state index in [1.165, 1.54) is 0 Å². The molecule has 7 heteroatoms. The van der Waals surface area contributed by atoms with Crippen LogP contribution in [0.1, 0.15) is 53.9 Å². The zero-order chi connectivity index (χ0) is 19.0. The number of nitrogens with two attached hydrogens (primary N) is 2. The molecule has 0 fully saturated rings. The van der Waals surface area contributed by atoms with Gasteiger partial charge in [0.25, 0.3) is 0 Å². The Hall–Kier alpha value is -0.0231. The van der Waals surface area contributed by atoms with Crippen molar-refractivity contribution in [3.8, 4) is 0 Å². The SMILES string of the molecule is CCN(CCCC(O)CO)CCC[Si](C)(OC(C)(C)N)C(C)(C)N. The van der Waals surface area contributed by atoms with Crippen LogP contribution in [0, 0.1) is 0 Å². The predicted octanol–water partition coefficient (Wildman–Crippen LogP) is 1.40. The molecule has 0 aliphatic rings. The molecule has 0 radical (unpaired) electrons.